The molecule has 1 aromatic carbocycles. The Kier molecular flexibility index (Phi) is 4.41. The first-order chi connectivity index (χ1) is 13.8. The van der Waals surface area contributed by atoms with Crippen LogP contribution < -0.4 is 10.4 Å². The highest BCUT2D eigenvalue weighted by Crippen LogP contribution is 2.33. The Balaban J connectivity index is 1.48. The largest absolute Gasteiger partial charge is 0.475 e. The van der Waals surface area contributed by atoms with Crippen molar-refractivity contribution in [1.82, 2.24) is 14.5 Å². The maximum absolute atomic E-state index is 12.5. The van der Waals surface area contributed by atoms with Crippen LogP contribution >= 0.6 is 0 Å². The second kappa shape index (κ2) is 7.20. The van der Waals surface area contributed by atoms with Crippen LogP contribution in [0.25, 0.3) is 22.4 Å². The minimum absolute atomic E-state index is 0.0933. The lowest BCUT2D eigenvalue weighted by atomic mass is 9.93. The number of aryl methyl sites for hydroxylation is 1. The third kappa shape index (κ3) is 3.20. The van der Waals surface area contributed by atoms with E-state index in [1.807, 2.05) is 18.2 Å². The van der Waals surface area contributed by atoms with Crippen molar-refractivity contribution in [2.24, 2.45) is 0 Å². The summed E-state index contributed by atoms with van der Waals surface area (Å²) in [6, 6.07) is 12.3. The van der Waals surface area contributed by atoms with E-state index in [-0.39, 0.29) is 11.8 Å². The maximum Gasteiger partial charge on any atom is 0.351 e. The number of benzene rings is 1. The third-order valence-corrected chi connectivity index (χ3v) is 5.43. The number of hydrogen-bond donors (Lipinski definition) is 0. The van der Waals surface area contributed by atoms with Crippen LogP contribution in [0.1, 0.15) is 18.4 Å². The molecule has 28 heavy (non-hydrogen) atoms. The van der Waals surface area contributed by atoms with Crippen LogP contribution in [0.5, 0.6) is 5.88 Å². The zero-order chi connectivity index (χ0) is 18.9. The molecule has 1 fully saturated rings. The Morgan fingerprint density at radius 2 is 2.04 bits per heavy atom. The van der Waals surface area contributed by atoms with E-state index in [0.717, 1.165) is 48.3 Å². The highest BCUT2D eigenvalue weighted by molar-refractivity contribution is 5.73. The molecule has 4 heterocycles. The summed E-state index contributed by atoms with van der Waals surface area (Å²) in [6.45, 7) is 1.84. The topological polar surface area (TPSA) is 66.2 Å². The summed E-state index contributed by atoms with van der Waals surface area (Å²) in [7, 11) is 0. The molecule has 0 bridgehead atoms. The molecule has 3 aromatic rings. The van der Waals surface area contributed by atoms with Crippen molar-refractivity contribution < 1.29 is 9.47 Å². The van der Waals surface area contributed by atoms with E-state index >= 15 is 0 Å². The Labute approximate surface area is 162 Å². The van der Waals surface area contributed by atoms with Crippen LogP contribution in [-0.4, -0.2) is 33.9 Å². The summed E-state index contributed by atoms with van der Waals surface area (Å²) < 4.78 is 13.1. The summed E-state index contributed by atoms with van der Waals surface area (Å²) in [4.78, 5) is 20.7. The molecule has 142 valence electrons. The van der Waals surface area contributed by atoms with Crippen LogP contribution in [0.2, 0.25) is 0 Å². The molecular weight excluding hydrogens is 354 g/mol. The van der Waals surface area contributed by atoms with Gasteiger partial charge in [-0.1, -0.05) is 18.2 Å². The second-order valence-electron chi connectivity index (χ2n) is 7.22. The standard InChI is InChI=1S/C22H21N3O3/c26-22-24-21(28-14-18-2-1-11-27-18)13-20-19-4-3-16(15-5-8-23-9-6-15)12-17(19)7-10-25(20)22/h3-6,8-9,12-13,18H,1-2,7,10-11,14H2. The van der Waals surface area contributed by atoms with Gasteiger partial charge in [0, 0.05) is 37.2 Å². The van der Waals surface area contributed by atoms with E-state index in [1.165, 1.54) is 5.56 Å². The molecule has 2 aliphatic rings. The number of nitrogens with zero attached hydrogens (tertiary/aromatic N) is 3. The average Bonchev–Trinajstić information content (AvgIpc) is 3.26. The van der Waals surface area contributed by atoms with Crippen molar-refractivity contribution in [2.75, 3.05) is 13.2 Å². The predicted molar refractivity (Wildman–Crippen MR) is 105 cm³/mol. The number of rotatable bonds is 4. The normalized spacial score (nSPS) is 17.8. The second-order valence-corrected chi connectivity index (χ2v) is 7.22. The predicted octanol–water partition coefficient (Wildman–Crippen LogP) is 3.09. The molecule has 0 spiro atoms. The summed E-state index contributed by atoms with van der Waals surface area (Å²) >= 11 is 0. The lowest BCUT2D eigenvalue weighted by Gasteiger charge is -2.22. The van der Waals surface area contributed by atoms with E-state index < -0.39 is 0 Å². The summed E-state index contributed by atoms with van der Waals surface area (Å²) in [5, 5.41) is 0. The molecule has 0 radical (unpaired) electrons. The average molecular weight is 375 g/mol. The fourth-order valence-corrected chi connectivity index (χ4v) is 3.96. The molecule has 6 heteroatoms. The van der Waals surface area contributed by atoms with Crippen LogP contribution in [0.15, 0.2) is 53.6 Å². The van der Waals surface area contributed by atoms with Crippen molar-refractivity contribution in [3.05, 3.63) is 64.8 Å². The minimum atomic E-state index is -0.260. The van der Waals surface area contributed by atoms with Gasteiger partial charge in [-0.15, -0.1) is 0 Å². The van der Waals surface area contributed by atoms with Gasteiger partial charge in [-0.25, -0.2) is 4.79 Å². The smallest absolute Gasteiger partial charge is 0.351 e. The van der Waals surface area contributed by atoms with E-state index in [4.69, 9.17) is 9.47 Å². The maximum atomic E-state index is 12.5. The van der Waals surface area contributed by atoms with Gasteiger partial charge in [-0.2, -0.15) is 4.98 Å². The highest BCUT2D eigenvalue weighted by atomic mass is 16.5. The summed E-state index contributed by atoms with van der Waals surface area (Å²) in [5.74, 6) is 0.373. The molecule has 0 amide bonds. The van der Waals surface area contributed by atoms with Crippen LogP contribution in [0, 0.1) is 0 Å². The molecule has 0 aliphatic carbocycles. The molecule has 0 saturated carbocycles. The zero-order valence-electron chi connectivity index (χ0n) is 15.5. The molecule has 2 aromatic heterocycles. The fraction of sp³-hybridized carbons (Fsp3) is 0.318. The lowest BCUT2D eigenvalue weighted by Crippen LogP contribution is -2.29. The van der Waals surface area contributed by atoms with E-state index in [9.17, 15) is 4.79 Å². The molecule has 5 rings (SSSR count). The van der Waals surface area contributed by atoms with Gasteiger partial charge in [0.05, 0.1) is 11.8 Å². The van der Waals surface area contributed by atoms with Gasteiger partial charge in [0.1, 0.15) is 6.61 Å². The lowest BCUT2D eigenvalue weighted by molar-refractivity contribution is 0.0661. The molecule has 0 N–H and O–H groups in total. The van der Waals surface area contributed by atoms with Gasteiger partial charge in [0.25, 0.3) is 0 Å². The fourth-order valence-electron chi connectivity index (χ4n) is 3.96. The Morgan fingerprint density at radius 3 is 2.86 bits per heavy atom. The first kappa shape index (κ1) is 17.1. The van der Waals surface area contributed by atoms with E-state index in [2.05, 4.69) is 28.2 Å². The number of pyridine rings is 1. The Morgan fingerprint density at radius 1 is 1.14 bits per heavy atom. The molecule has 2 aliphatic heterocycles. The van der Waals surface area contributed by atoms with Crippen molar-refractivity contribution >= 4 is 0 Å². The Hall–Kier alpha value is -2.99. The van der Waals surface area contributed by atoms with E-state index in [1.54, 1.807) is 17.0 Å². The highest BCUT2D eigenvalue weighted by Gasteiger charge is 2.21. The summed E-state index contributed by atoms with van der Waals surface area (Å²) in [6.07, 6.45) is 6.54. The van der Waals surface area contributed by atoms with Crippen LogP contribution in [0.4, 0.5) is 0 Å². The van der Waals surface area contributed by atoms with Gasteiger partial charge in [0.2, 0.25) is 5.88 Å². The van der Waals surface area contributed by atoms with Crippen molar-refractivity contribution in [2.45, 2.75) is 31.9 Å². The van der Waals surface area contributed by atoms with Crippen molar-refractivity contribution in [3.63, 3.8) is 0 Å². The first-order valence-electron chi connectivity index (χ1n) is 9.68. The monoisotopic (exact) mass is 375 g/mol. The van der Waals surface area contributed by atoms with Gasteiger partial charge in [-0.05, 0) is 48.1 Å². The molecule has 1 atom stereocenters. The Bertz CT molecular complexity index is 1060. The van der Waals surface area contributed by atoms with Gasteiger partial charge < -0.3 is 9.47 Å². The minimum Gasteiger partial charge on any atom is -0.475 e. The number of hydrogen-bond acceptors (Lipinski definition) is 5. The van der Waals surface area contributed by atoms with Gasteiger partial charge >= 0.3 is 5.69 Å². The molecule has 6 nitrogen and oxygen atoms in total. The van der Waals surface area contributed by atoms with Crippen LogP contribution in [-0.2, 0) is 17.7 Å². The number of fused-ring (bicyclic) bond motifs is 3. The SMILES string of the molecule is O=c1nc(OCC2CCCO2)cc2n1CCc1cc(-c3ccncc3)ccc1-2. The van der Waals surface area contributed by atoms with Gasteiger partial charge in [0.15, 0.2) is 0 Å². The van der Waals surface area contributed by atoms with E-state index in [0.29, 0.717) is 19.0 Å². The van der Waals surface area contributed by atoms with Gasteiger partial charge in [-0.3, -0.25) is 9.55 Å². The quantitative estimate of drug-likeness (QED) is 0.701. The molecule has 1 unspecified atom stereocenters. The zero-order valence-corrected chi connectivity index (χ0v) is 15.5. The molecular formula is C22H21N3O3. The van der Waals surface area contributed by atoms with Crippen molar-refractivity contribution in [1.29, 1.82) is 0 Å². The van der Waals surface area contributed by atoms with Crippen LogP contribution in [0.3, 0.4) is 0 Å². The molecule has 1 saturated heterocycles. The van der Waals surface area contributed by atoms with Crippen molar-refractivity contribution in [3.8, 4) is 28.3 Å². The summed E-state index contributed by atoms with van der Waals surface area (Å²) in [5.41, 5.74) is 5.18. The third-order valence-electron chi connectivity index (χ3n) is 5.43. The number of ether oxygens (including phenoxy) is 2. The number of aromatic nitrogens is 3. The first-order valence-corrected chi connectivity index (χ1v) is 9.68.